The van der Waals surface area contributed by atoms with Gasteiger partial charge in [0.2, 0.25) is 11.7 Å². The summed E-state index contributed by atoms with van der Waals surface area (Å²) in [7, 11) is 0. The third-order valence-corrected chi connectivity index (χ3v) is 6.26. The van der Waals surface area contributed by atoms with Crippen LogP contribution in [0.1, 0.15) is 39.4 Å². The number of hydrogen-bond donors (Lipinski definition) is 3. The van der Waals surface area contributed by atoms with Crippen molar-refractivity contribution in [3.8, 4) is 22.6 Å². The zero-order chi connectivity index (χ0) is 27.8. The van der Waals surface area contributed by atoms with Gasteiger partial charge in [0.1, 0.15) is 5.54 Å². The number of anilines is 1. The minimum atomic E-state index is -4.92. The van der Waals surface area contributed by atoms with Crippen LogP contribution in [-0.4, -0.2) is 33.4 Å². The van der Waals surface area contributed by atoms with Gasteiger partial charge in [0.25, 0.3) is 11.8 Å². The van der Waals surface area contributed by atoms with Crippen LogP contribution in [0.3, 0.4) is 0 Å². The third kappa shape index (κ3) is 5.37. The van der Waals surface area contributed by atoms with Crippen molar-refractivity contribution in [3.05, 3.63) is 95.9 Å². The van der Waals surface area contributed by atoms with Gasteiger partial charge in [-0.1, -0.05) is 42.5 Å². The molecule has 1 fully saturated rings. The number of carbonyl (C=O) groups is 3. The van der Waals surface area contributed by atoms with Crippen LogP contribution >= 0.6 is 0 Å². The van der Waals surface area contributed by atoms with Gasteiger partial charge < -0.3 is 20.2 Å². The Morgan fingerprint density at radius 2 is 1.41 bits per heavy atom. The molecule has 1 aromatic heterocycles. The van der Waals surface area contributed by atoms with Crippen molar-refractivity contribution in [2.75, 3.05) is 5.32 Å². The first-order valence-electron chi connectivity index (χ1n) is 11.8. The minimum Gasteiger partial charge on any atom is -0.480 e. The molecule has 0 atom stereocenters. The molecule has 1 aliphatic rings. The van der Waals surface area contributed by atoms with Crippen LogP contribution in [0.15, 0.2) is 83.3 Å². The fraction of sp³-hybridized carbons (Fsp3) is 0.143. The first-order chi connectivity index (χ1) is 18.6. The number of nitrogens with zero attached hydrogens (tertiary/aromatic N) is 1. The molecule has 1 heterocycles. The van der Waals surface area contributed by atoms with Crippen LogP contribution in [0, 0.1) is 0 Å². The molecule has 1 aliphatic carbocycles. The molecule has 0 saturated heterocycles. The molecule has 198 valence electrons. The molecule has 3 aromatic carbocycles. The Balaban J connectivity index is 1.29. The number of rotatable bonds is 7. The number of alkyl halides is 3. The number of oxazole rings is 1. The number of carboxylic acid groups (broad SMARTS) is 1. The van der Waals surface area contributed by atoms with Gasteiger partial charge >= 0.3 is 12.1 Å². The first-order valence-corrected chi connectivity index (χ1v) is 11.8. The highest BCUT2D eigenvalue weighted by atomic mass is 19.4. The van der Waals surface area contributed by atoms with Crippen LogP contribution < -0.4 is 10.6 Å². The van der Waals surface area contributed by atoms with E-state index in [-0.39, 0.29) is 11.6 Å². The van der Waals surface area contributed by atoms with Gasteiger partial charge in [0, 0.05) is 16.8 Å². The Labute approximate surface area is 219 Å². The molecule has 0 unspecified atom stereocenters. The number of halogens is 3. The zero-order valence-electron chi connectivity index (χ0n) is 20.1. The minimum absolute atomic E-state index is 0.237. The predicted molar refractivity (Wildman–Crippen MR) is 134 cm³/mol. The summed E-state index contributed by atoms with van der Waals surface area (Å²) in [5.74, 6) is -4.44. The number of hydrogen-bond acceptors (Lipinski definition) is 5. The summed E-state index contributed by atoms with van der Waals surface area (Å²) in [4.78, 5) is 40.2. The van der Waals surface area contributed by atoms with E-state index in [1.54, 1.807) is 54.6 Å². The molecule has 11 heteroatoms. The van der Waals surface area contributed by atoms with E-state index in [4.69, 9.17) is 4.42 Å². The lowest BCUT2D eigenvalue weighted by atomic mass is 10.0. The average Bonchev–Trinajstić information content (AvgIpc) is 3.56. The van der Waals surface area contributed by atoms with Crippen molar-refractivity contribution < 1.29 is 37.1 Å². The molecular weight excluding hydrogens is 515 g/mol. The van der Waals surface area contributed by atoms with Crippen LogP contribution in [0.25, 0.3) is 22.6 Å². The molecule has 2 amide bonds. The molecule has 0 aliphatic heterocycles. The van der Waals surface area contributed by atoms with Gasteiger partial charge in [0.05, 0.1) is 0 Å². The highest BCUT2D eigenvalue weighted by Gasteiger charge is 2.51. The summed E-state index contributed by atoms with van der Waals surface area (Å²) >= 11 is 0. The van der Waals surface area contributed by atoms with Gasteiger partial charge in [-0.05, 0) is 60.4 Å². The number of amides is 2. The van der Waals surface area contributed by atoms with E-state index < -0.39 is 41.0 Å². The van der Waals surface area contributed by atoms with E-state index in [1.165, 1.54) is 24.3 Å². The topological polar surface area (TPSA) is 122 Å². The van der Waals surface area contributed by atoms with E-state index in [9.17, 15) is 32.7 Å². The lowest BCUT2D eigenvalue weighted by Crippen LogP contribution is -2.43. The fourth-order valence-corrected chi connectivity index (χ4v) is 3.93. The molecule has 0 bridgehead atoms. The van der Waals surface area contributed by atoms with E-state index in [0.29, 0.717) is 29.5 Å². The highest BCUT2D eigenvalue weighted by molar-refractivity contribution is 6.04. The maximum atomic E-state index is 13.6. The predicted octanol–water partition coefficient (Wildman–Crippen LogP) is 5.63. The molecule has 8 nitrogen and oxygen atoms in total. The summed E-state index contributed by atoms with van der Waals surface area (Å²) in [6.07, 6.45) is -4.15. The van der Waals surface area contributed by atoms with Crippen molar-refractivity contribution in [1.82, 2.24) is 10.3 Å². The summed E-state index contributed by atoms with van der Waals surface area (Å²) in [5, 5.41) is 14.2. The van der Waals surface area contributed by atoms with Gasteiger partial charge in [-0.15, -0.1) is 0 Å². The van der Waals surface area contributed by atoms with Crippen LogP contribution in [0.2, 0.25) is 0 Å². The summed E-state index contributed by atoms with van der Waals surface area (Å²) in [6.45, 7) is 0. The van der Waals surface area contributed by atoms with Gasteiger partial charge in [-0.25, -0.2) is 9.78 Å². The second-order valence-corrected chi connectivity index (χ2v) is 9.01. The maximum Gasteiger partial charge on any atom is 0.452 e. The van der Waals surface area contributed by atoms with Gasteiger partial charge in [-0.3, -0.25) is 9.59 Å². The number of aromatic nitrogens is 1. The second-order valence-electron chi connectivity index (χ2n) is 9.01. The smallest absolute Gasteiger partial charge is 0.452 e. The van der Waals surface area contributed by atoms with E-state index in [1.807, 2.05) is 0 Å². The molecule has 3 N–H and O–H groups in total. The van der Waals surface area contributed by atoms with Crippen molar-refractivity contribution in [1.29, 1.82) is 0 Å². The Morgan fingerprint density at radius 1 is 0.821 bits per heavy atom. The maximum absolute atomic E-state index is 13.6. The number of aliphatic carboxylic acids is 1. The molecule has 5 rings (SSSR count). The monoisotopic (exact) mass is 535 g/mol. The number of carboxylic acids is 1. The zero-order valence-corrected chi connectivity index (χ0v) is 20.1. The van der Waals surface area contributed by atoms with Crippen LogP contribution in [-0.2, 0) is 11.0 Å². The molecular formula is C28H20F3N3O5. The number of carbonyl (C=O) groups excluding carboxylic acids is 2. The second kappa shape index (κ2) is 9.75. The molecule has 0 spiro atoms. The van der Waals surface area contributed by atoms with Crippen molar-refractivity contribution in [2.45, 2.75) is 24.6 Å². The van der Waals surface area contributed by atoms with Crippen molar-refractivity contribution in [2.24, 2.45) is 0 Å². The normalized spacial score (nSPS) is 13.9. The Kier molecular flexibility index (Phi) is 6.43. The summed E-state index contributed by atoms with van der Waals surface area (Å²) in [6, 6.07) is 20.8. The average molecular weight is 535 g/mol. The molecule has 4 aromatic rings. The van der Waals surface area contributed by atoms with Gasteiger partial charge in [-0.2, -0.15) is 13.2 Å². The number of benzene rings is 3. The quantitative estimate of drug-likeness (QED) is 0.282. The van der Waals surface area contributed by atoms with Crippen molar-refractivity contribution in [3.63, 3.8) is 0 Å². The standard InChI is InChI=1S/C28H20F3N3O5/c29-28(30,31)22-21(33-25(39-22)19-4-2-1-3-5-19)24(36)32-20-12-10-17(11-13-20)16-6-8-18(9-7-16)23(35)34-27(14-15-27)26(37)38/h1-13H,14-15H2,(H,32,36)(H,34,35)(H,37,38). The van der Waals surface area contributed by atoms with E-state index >= 15 is 0 Å². The van der Waals surface area contributed by atoms with Crippen molar-refractivity contribution >= 4 is 23.5 Å². The molecule has 0 radical (unpaired) electrons. The summed E-state index contributed by atoms with van der Waals surface area (Å²) in [5.41, 5.74) is 0.212. The largest absolute Gasteiger partial charge is 0.480 e. The Morgan fingerprint density at radius 3 is 1.95 bits per heavy atom. The third-order valence-electron chi connectivity index (χ3n) is 6.26. The van der Waals surface area contributed by atoms with E-state index in [0.717, 1.165) is 5.56 Å². The first kappa shape index (κ1) is 25.7. The molecule has 39 heavy (non-hydrogen) atoms. The number of nitrogens with one attached hydrogen (secondary N) is 2. The highest BCUT2D eigenvalue weighted by Crippen LogP contribution is 2.37. The summed E-state index contributed by atoms with van der Waals surface area (Å²) < 4.78 is 45.6. The Hall–Kier alpha value is -4.93. The Bertz CT molecular complexity index is 1540. The fourth-order valence-electron chi connectivity index (χ4n) is 3.93. The SMILES string of the molecule is O=C(NC1(C(=O)O)CC1)c1ccc(-c2ccc(NC(=O)c3nc(-c4ccccc4)oc3C(F)(F)F)cc2)cc1. The van der Waals surface area contributed by atoms with Crippen LogP contribution in [0.5, 0.6) is 0 Å². The molecule has 1 saturated carbocycles. The van der Waals surface area contributed by atoms with Crippen LogP contribution in [0.4, 0.5) is 18.9 Å². The van der Waals surface area contributed by atoms with Gasteiger partial charge in [0.15, 0.2) is 5.69 Å². The lowest BCUT2D eigenvalue weighted by molar-refractivity contribution is -0.153. The lowest BCUT2D eigenvalue weighted by Gasteiger charge is -2.12. The van der Waals surface area contributed by atoms with E-state index in [2.05, 4.69) is 15.6 Å².